The van der Waals surface area contributed by atoms with E-state index in [1.807, 2.05) is 25.1 Å². The number of rotatable bonds is 9. The van der Waals surface area contributed by atoms with Crippen LogP contribution in [-0.2, 0) is 23.9 Å². The molecule has 1 aromatic rings. The number of aliphatic hydroxyl groups is 1. The molecule has 4 heterocycles. The molecule has 3 N–H and O–H groups in total. The molecule has 196 valence electrons. The number of nitrogens with one attached hydrogen (secondary N) is 2. The number of benzene rings is 1. The molecule has 10 heteroatoms. The largest absolute Gasteiger partial charge is 0.394 e. The van der Waals surface area contributed by atoms with Crippen LogP contribution in [0.1, 0.15) is 26.2 Å². The maximum Gasteiger partial charge on any atom is 0.245 e. The third kappa shape index (κ3) is 4.30. The van der Waals surface area contributed by atoms with Crippen LogP contribution in [0.5, 0.6) is 0 Å². The molecule has 2 unspecified atom stereocenters. The Kier molecular flexibility index (Phi) is 7.30. The molecule has 0 radical (unpaired) electrons. The number of morpholine rings is 1. The van der Waals surface area contributed by atoms with Gasteiger partial charge in [0.25, 0.3) is 0 Å². The van der Waals surface area contributed by atoms with Gasteiger partial charge in [-0.3, -0.25) is 19.3 Å². The Bertz CT molecular complexity index is 966. The lowest BCUT2D eigenvalue weighted by Gasteiger charge is -2.36. The number of ether oxygens (including phenoxy) is 2. The van der Waals surface area contributed by atoms with E-state index >= 15 is 0 Å². The number of likely N-dealkylation sites (tertiary alicyclic amines) is 1. The Morgan fingerprint density at radius 2 is 1.94 bits per heavy atom. The summed E-state index contributed by atoms with van der Waals surface area (Å²) in [6.45, 7) is 5.76. The molecule has 3 amide bonds. The quantitative estimate of drug-likeness (QED) is 0.444. The van der Waals surface area contributed by atoms with Gasteiger partial charge in [0.1, 0.15) is 11.6 Å². The molecule has 0 aromatic heterocycles. The third-order valence-corrected chi connectivity index (χ3v) is 8.24. The molecule has 5 rings (SSSR count). The highest BCUT2D eigenvalue weighted by molar-refractivity contribution is 6.02. The molecule has 4 aliphatic rings. The minimum absolute atomic E-state index is 0.257. The topological polar surface area (TPSA) is 120 Å². The van der Waals surface area contributed by atoms with Crippen LogP contribution in [0.3, 0.4) is 0 Å². The summed E-state index contributed by atoms with van der Waals surface area (Å²) in [5.41, 5.74) is -0.410. The van der Waals surface area contributed by atoms with Gasteiger partial charge in [-0.1, -0.05) is 25.1 Å². The fourth-order valence-electron chi connectivity index (χ4n) is 6.50. The standard InChI is InChI=1S/C26H36N4O6/c1-2-18(16-31)30-22(24(33)27-10-11-29-12-14-35-15-13-29)26-9-8-19(36-26)20(21(26)25(30)34)23(32)28-17-6-4-3-5-7-17/h3-7,18-22,31H,2,8-16H2,1H3,(H,27,33)(H,28,32)/t18-,19+,20-,21-,22?,26?/m0/s1. The first-order valence-electron chi connectivity index (χ1n) is 13.0. The van der Waals surface area contributed by atoms with Gasteiger partial charge in [-0.05, 0) is 31.4 Å². The molecule has 6 atom stereocenters. The number of hydrogen-bond donors (Lipinski definition) is 3. The predicted molar refractivity (Wildman–Crippen MR) is 131 cm³/mol. The van der Waals surface area contributed by atoms with Crippen molar-refractivity contribution in [1.29, 1.82) is 0 Å². The minimum atomic E-state index is -1.06. The molecule has 0 saturated carbocycles. The van der Waals surface area contributed by atoms with Crippen LogP contribution in [0.4, 0.5) is 5.69 Å². The Labute approximate surface area is 211 Å². The van der Waals surface area contributed by atoms with Crippen molar-refractivity contribution in [2.45, 2.75) is 50.0 Å². The number of nitrogens with zero attached hydrogens (tertiary/aromatic N) is 2. The van der Waals surface area contributed by atoms with Gasteiger partial charge in [-0.15, -0.1) is 0 Å². The first-order chi connectivity index (χ1) is 17.5. The van der Waals surface area contributed by atoms with Crippen LogP contribution in [0, 0.1) is 11.8 Å². The smallest absolute Gasteiger partial charge is 0.245 e. The maximum atomic E-state index is 13.9. The van der Waals surface area contributed by atoms with E-state index in [1.165, 1.54) is 4.90 Å². The molecular formula is C26H36N4O6. The summed E-state index contributed by atoms with van der Waals surface area (Å²) in [6.07, 6.45) is 1.22. The summed E-state index contributed by atoms with van der Waals surface area (Å²) in [6, 6.07) is 7.74. The number of carbonyl (C=O) groups excluding carboxylic acids is 3. The summed E-state index contributed by atoms with van der Waals surface area (Å²) in [4.78, 5) is 44.7. The summed E-state index contributed by atoms with van der Waals surface area (Å²) in [5, 5.41) is 16.0. The second-order valence-electron chi connectivity index (χ2n) is 10.1. The summed E-state index contributed by atoms with van der Waals surface area (Å²) in [5.74, 6) is -2.27. The third-order valence-electron chi connectivity index (χ3n) is 8.24. The summed E-state index contributed by atoms with van der Waals surface area (Å²) >= 11 is 0. The Morgan fingerprint density at radius 1 is 1.19 bits per heavy atom. The molecular weight excluding hydrogens is 464 g/mol. The number of para-hydroxylation sites is 1. The average Bonchev–Trinajstić information content (AvgIpc) is 3.54. The molecule has 4 aliphatic heterocycles. The van der Waals surface area contributed by atoms with Gasteiger partial charge in [0.05, 0.1) is 43.8 Å². The first kappa shape index (κ1) is 25.1. The van der Waals surface area contributed by atoms with Crippen LogP contribution in [-0.4, -0.2) is 102 Å². The van der Waals surface area contributed by atoms with Crippen molar-refractivity contribution >= 4 is 23.4 Å². The number of hydrogen-bond acceptors (Lipinski definition) is 7. The molecule has 1 spiro atoms. The second-order valence-corrected chi connectivity index (χ2v) is 10.1. The monoisotopic (exact) mass is 500 g/mol. The number of carbonyl (C=O) groups is 3. The summed E-state index contributed by atoms with van der Waals surface area (Å²) in [7, 11) is 0. The second kappa shape index (κ2) is 10.5. The van der Waals surface area contributed by atoms with Crippen molar-refractivity contribution in [2.75, 3.05) is 51.3 Å². The van der Waals surface area contributed by atoms with Crippen molar-refractivity contribution in [2.24, 2.45) is 11.8 Å². The van der Waals surface area contributed by atoms with Crippen molar-refractivity contribution in [1.82, 2.24) is 15.1 Å². The van der Waals surface area contributed by atoms with Crippen LogP contribution < -0.4 is 10.6 Å². The van der Waals surface area contributed by atoms with Crippen molar-refractivity contribution < 1.29 is 29.0 Å². The van der Waals surface area contributed by atoms with Gasteiger partial charge < -0.3 is 30.1 Å². The molecule has 0 aliphatic carbocycles. The lowest BCUT2D eigenvalue weighted by Crippen LogP contribution is -2.58. The zero-order valence-corrected chi connectivity index (χ0v) is 20.7. The minimum Gasteiger partial charge on any atom is -0.394 e. The molecule has 36 heavy (non-hydrogen) atoms. The Balaban J connectivity index is 1.38. The maximum absolute atomic E-state index is 13.9. The van der Waals surface area contributed by atoms with Crippen molar-refractivity contribution in [3.63, 3.8) is 0 Å². The Morgan fingerprint density at radius 3 is 2.64 bits per heavy atom. The number of anilines is 1. The number of amides is 3. The lowest BCUT2D eigenvalue weighted by molar-refractivity contribution is -0.145. The highest BCUT2D eigenvalue weighted by atomic mass is 16.5. The zero-order valence-electron chi connectivity index (χ0n) is 20.7. The van der Waals surface area contributed by atoms with Crippen molar-refractivity contribution in [3.05, 3.63) is 30.3 Å². The highest BCUT2D eigenvalue weighted by Gasteiger charge is 2.74. The highest BCUT2D eigenvalue weighted by Crippen LogP contribution is 2.59. The van der Waals surface area contributed by atoms with E-state index in [0.29, 0.717) is 51.3 Å². The van der Waals surface area contributed by atoms with E-state index < -0.39 is 35.6 Å². The average molecular weight is 501 g/mol. The molecule has 2 bridgehead atoms. The van der Waals surface area contributed by atoms with E-state index in [2.05, 4.69) is 15.5 Å². The molecule has 4 saturated heterocycles. The summed E-state index contributed by atoms with van der Waals surface area (Å²) < 4.78 is 11.8. The number of fused-ring (bicyclic) bond motifs is 1. The van der Waals surface area contributed by atoms with E-state index in [1.54, 1.807) is 12.1 Å². The van der Waals surface area contributed by atoms with E-state index in [-0.39, 0.29) is 24.3 Å². The van der Waals surface area contributed by atoms with Gasteiger partial charge >= 0.3 is 0 Å². The van der Waals surface area contributed by atoms with Crippen LogP contribution in [0.15, 0.2) is 30.3 Å². The normalized spacial score (nSPS) is 32.4. The predicted octanol–water partition coefficient (Wildman–Crippen LogP) is 0.219. The molecule has 10 nitrogen and oxygen atoms in total. The van der Waals surface area contributed by atoms with Gasteiger partial charge in [-0.25, -0.2) is 0 Å². The van der Waals surface area contributed by atoms with Crippen molar-refractivity contribution in [3.8, 4) is 0 Å². The SMILES string of the molecule is CC[C@@H](CO)N1C(=O)[C@@H]2[C@@H](C(=O)Nc3ccccc3)[C@H]3CCC2(O3)C1C(=O)NCCN1CCOCC1. The van der Waals surface area contributed by atoms with E-state index in [4.69, 9.17) is 9.47 Å². The fraction of sp³-hybridized carbons (Fsp3) is 0.654. The van der Waals surface area contributed by atoms with Crippen LogP contribution >= 0.6 is 0 Å². The van der Waals surface area contributed by atoms with Gasteiger partial charge in [0.15, 0.2) is 0 Å². The Hall–Kier alpha value is -2.53. The van der Waals surface area contributed by atoms with E-state index in [9.17, 15) is 19.5 Å². The van der Waals surface area contributed by atoms with Crippen LogP contribution in [0.25, 0.3) is 0 Å². The van der Waals surface area contributed by atoms with Crippen LogP contribution in [0.2, 0.25) is 0 Å². The zero-order chi connectivity index (χ0) is 25.3. The van der Waals surface area contributed by atoms with Gasteiger partial charge in [0, 0.05) is 31.9 Å². The lowest BCUT2D eigenvalue weighted by atomic mass is 9.70. The first-order valence-corrected chi connectivity index (χ1v) is 13.0. The molecule has 1 aromatic carbocycles. The molecule has 4 fully saturated rings. The van der Waals surface area contributed by atoms with E-state index in [0.717, 1.165) is 13.1 Å². The number of aliphatic hydroxyl groups excluding tert-OH is 1. The van der Waals surface area contributed by atoms with Gasteiger partial charge in [0.2, 0.25) is 17.7 Å². The fourth-order valence-corrected chi connectivity index (χ4v) is 6.50. The van der Waals surface area contributed by atoms with Gasteiger partial charge in [-0.2, -0.15) is 0 Å².